The molecule has 0 rings (SSSR count). The van der Waals surface area contributed by atoms with E-state index < -0.39 is 0 Å². The van der Waals surface area contributed by atoms with Crippen LogP contribution in [0.2, 0.25) is 0 Å². The minimum absolute atomic E-state index is 0.0317. The van der Waals surface area contributed by atoms with Gasteiger partial charge in [0.15, 0.2) is 0 Å². The second-order valence-electron chi connectivity index (χ2n) is 4.31. The predicted molar refractivity (Wildman–Crippen MR) is 50.6 cm³/mol. The summed E-state index contributed by atoms with van der Waals surface area (Å²) in [7, 11) is 4.19. The van der Waals surface area contributed by atoms with Gasteiger partial charge in [-0.2, -0.15) is 0 Å². The lowest BCUT2D eigenvalue weighted by Gasteiger charge is -2.28. The molecule has 0 amide bonds. The lowest BCUT2D eigenvalue weighted by molar-refractivity contribution is 0.282. The van der Waals surface area contributed by atoms with Crippen LogP contribution in [0.15, 0.2) is 0 Å². The van der Waals surface area contributed by atoms with Gasteiger partial charge in [0.2, 0.25) is 0 Å². The smallest absolute Gasteiger partial charge is 0.0123 e. The molecule has 0 aliphatic rings. The first-order valence-electron chi connectivity index (χ1n) is 4.27. The van der Waals surface area contributed by atoms with Crippen LogP contribution in [-0.4, -0.2) is 31.1 Å². The van der Waals surface area contributed by atoms with Crippen LogP contribution in [0.1, 0.15) is 27.2 Å². The molecule has 2 N–H and O–H groups in total. The highest BCUT2D eigenvalue weighted by Gasteiger charge is 2.19. The minimum Gasteiger partial charge on any atom is -0.325 e. The van der Waals surface area contributed by atoms with Gasteiger partial charge in [0, 0.05) is 5.54 Å². The molecule has 0 saturated heterocycles. The Bertz CT molecular complexity index is 103. The Hall–Kier alpha value is -0.0800. The van der Waals surface area contributed by atoms with Crippen molar-refractivity contribution in [3.63, 3.8) is 0 Å². The molecule has 0 fully saturated rings. The molecule has 2 heteroatoms. The van der Waals surface area contributed by atoms with Crippen molar-refractivity contribution in [3.8, 4) is 0 Å². The van der Waals surface area contributed by atoms with Crippen molar-refractivity contribution in [2.75, 3.05) is 20.6 Å². The Morgan fingerprint density at radius 1 is 1.36 bits per heavy atom. The van der Waals surface area contributed by atoms with Crippen LogP contribution >= 0.6 is 0 Å². The molecule has 0 aliphatic heterocycles. The highest BCUT2D eigenvalue weighted by molar-refractivity contribution is 4.79. The van der Waals surface area contributed by atoms with Gasteiger partial charge in [-0.3, -0.25) is 0 Å². The first-order chi connectivity index (χ1) is 4.84. The van der Waals surface area contributed by atoms with Crippen molar-refractivity contribution < 1.29 is 0 Å². The van der Waals surface area contributed by atoms with Crippen LogP contribution in [0, 0.1) is 5.92 Å². The summed E-state index contributed by atoms with van der Waals surface area (Å²) in [5.41, 5.74) is 5.91. The van der Waals surface area contributed by atoms with Gasteiger partial charge in [0.25, 0.3) is 0 Å². The summed E-state index contributed by atoms with van der Waals surface area (Å²) in [6.07, 6.45) is 1.18. The van der Waals surface area contributed by atoms with Crippen molar-refractivity contribution in [1.29, 1.82) is 0 Å². The Kier molecular flexibility index (Phi) is 4.04. The number of nitrogens with zero attached hydrogens (tertiary/aromatic N) is 1. The number of hydrogen-bond acceptors (Lipinski definition) is 2. The lowest BCUT2D eigenvalue weighted by Crippen LogP contribution is -2.40. The molecule has 11 heavy (non-hydrogen) atoms. The average Bonchev–Trinajstić information content (AvgIpc) is 1.80. The summed E-state index contributed by atoms with van der Waals surface area (Å²) in [6, 6.07) is 0. The maximum Gasteiger partial charge on any atom is 0.0123 e. The second kappa shape index (κ2) is 4.07. The number of nitrogens with two attached hydrogens (primary N) is 1. The molecule has 0 aromatic rings. The van der Waals surface area contributed by atoms with Crippen LogP contribution in [0.4, 0.5) is 0 Å². The van der Waals surface area contributed by atoms with E-state index in [1.54, 1.807) is 0 Å². The number of rotatable bonds is 4. The molecule has 0 heterocycles. The SMILES string of the molecule is CC(CCN(C)C)C(C)(C)N. The van der Waals surface area contributed by atoms with E-state index in [-0.39, 0.29) is 5.54 Å². The van der Waals surface area contributed by atoms with Gasteiger partial charge in [-0.25, -0.2) is 0 Å². The van der Waals surface area contributed by atoms with Gasteiger partial charge in [0.05, 0.1) is 0 Å². The maximum absolute atomic E-state index is 5.95. The molecule has 0 radical (unpaired) electrons. The molecule has 2 nitrogen and oxygen atoms in total. The molecular weight excluding hydrogens is 136 g/mol. The standard InChI is InChI=1S/C9H22N2/c1-8(9(2,3)10)6-7-11(4)5/h8H,6-7,10H2,1-5H3. The van der Waals surface area contributed by atoms with Gasteiger partial charge >= 0.3 is 0 Å². The van der Waals surface area contributed by atoms with Crippen molar-refractivity contribution in [2.45, 2.75) is 32.7 Å². The molecule has 0 aromatic carbocycles. The lowest BCUT2D eigenvalue weighted by atomic mass is 9.87. The van der Waals surface area contributed by atoms with E-state index >= 15 is 0 Å². The molecule has 0 aliphatic carbocycles. The fraction of sp³-hybridized carbons (Fsp3) is 1.00. The normalized spacial score (nSPS) is 15.5. The summed E-state index contributed by atoms with van der Waals surface area (Å²) >= 11 is 0. The molecule has 0 bridgehead atoms. The molecule has 1 atom stereocenters. The van der Waals surface area contributed by atoms with Gasteiger partial charge in [-0.05, 0) is 46.8 Å². The fourth-order valence-electron chi connectivity index (χ4n) is 0.824. The summed E-state index contributed by atoms with van der Waals surface area (Å²) in [5.74, 6) is 0.588. The molecule has 0 aromatic heterocycles. The average molecular weight is 158 g/mol. The predicted octanol–water partition coefficient (Wildman–Crippen LogP) is 1.31. The zero-order chi connectivity index (χ0) is 9.07. The Morgan fingerprint density at radius 3 is 2.09 bits per heavy atom. The van der Waals surface area contributed by atoms with Gasteiger partial charge in [-0.1, -0.05) is 6.92 Å². The zero-order valence-corrected chi connectivity index (χ0v) is 8.52. The zero-order valence-electron chi connectivity index (χ0n) is 8.52. The van der Waals surface area contributed by atoms with Crippen LogP contribution < -0.4 is 5.73 Å². The van der Waals surface area contributed by atoms with Gasteiger partial charge < -0.3 is 10.6 Å². The first-order valence-corrected chi connectivity index (χ1v) is 4.27. The summed E-state index contributed by atoms with van der Waals surface area (Å²) in [6.45, 7) is 7.52. The summed E-state index contributed by atoms with van der Waals surface area (Å²) in [4.78, 5) is 2.20. The molecule has 68 valence electrons. The molecule has 1 unspecified atom stereocenters. The molecule has 0 spiro atoms. The van der Waals surface area contributed by atoms with Crippen LogP contribution in [0.5, 0.6) is 0 Å². The van der Waals surface area contributed by atoms with E-state index in [0.717, 1.165) is 6.54 Å². The summed E-state index contributed by atoms with van der Waals surface area (Å²) < 4.78 is 0. The van der Waals surface area contributed by atoms with Crippen LogP contribution in [0.25, 0.3) is 0 Å². The van der Waals surface area contributed by atoms with Crippen LogP contribution in [-0.2, 0) is 0 Å². The van der Waals surface area contributed by atoms with E-state index in [9.17, 15) is 0 Å². The van der Waals surface area contributed by atoms with E-state index in [0.29, 0.717) is 5.92 Å². The van der Waals surface area contributed by atoms with Gasteiger partial charge in [-0.15, -0.1) is 0 Å². The second-order valence-corrected chi connectivity index (χ2v) is 4.31. The van der Waals surface area contributed by atoms with E-state index in [2.05, 4.69) is 39.8 Å². The monoisotopic (exact) mass is 158 g/mol. The van der Waals surface area contributed by atoms with Crippen molar-refractivity contribution in [3.05, 3.63) is 0 Å². The summed E-state index contributed by atoms with van der Waals surface area (Å²) in [5, 5.41) is 0. The van der Waals surface area contributed by atoms with Crippen LogP contribution in [0.3, 0.4) is 0 Å². The van der Waals surface area contributed by atoms with E-state index in [1.165, 1.54) is 6.42 Å². The number of hydrogen-bond donors (Lipinski definition) is 1. The third-order valence-corrected chi connectivity index (χ3v) is 2.28. The highest BCUT2D eigenvalue weighted by Crippen LogP contribution is 2.16. The van der Waals surface area contributed by atoms with Crippen molar-refractivity contribution in [1.82, 2.24) is 4.90 Å². The topological polar surface area (TPSA) is 29.3 Å². The Balaban J connectivity index is 3.61. The quantitative estimate of drug-likeness (QED) is 0.668. The maximum atomic E-state index is 5.95. The molecule has 0 saturated carbocycles. The third-order valence-electron chi connectivity index (χ3n) is 2.28. The van der Waals surface area contributed by atoms with Crippen molar-refractivity contribution in [2.24, 2.45) is 11.7 Å². The molecular formula is C9H22N2. The Labute approximate surface area is 70.8 Å². The van der Waals surface area contributed by atoms with E-state index in [4.69, 9.17) is 5.73 Å². The first kappa shape index (κ1) is 10.9. The van der Waals surface area contributed by atoms with Crippen molar-refractivity contribution >= 4 is 0 Å². The Morgan fingerprint density at radius 2 is 1.82 bits per heavy atom. The van der Waals surface area contributed by atoms with Gasteiger partial charge in [0.1, 0.15) is 0 Å². The highest BCUT2D eigenvalue weighted by atomic mass is 15.0. The largest absolute Gasteiger partial charge is 0.325 e. The van der Waals surface area contributed by atoms with E-state index in [1.807, 2.05) is 0 Å². The minimum atomic E-state index is -0.0317. The fourth-order valence-corrected chi connectivity index (χ4v) is 0.824. The third kappa shape index (κ3) is 5.22.